The lowest BCUT2D eigenvalue weighted by Gasteiger charge is -2.08. The lowest BCUT2D eigenvalue weighted by atomic mass is 10.2. The zero-order chi connectivity index (χ0) is 15.0. The second-order valence-electron chi connectivity index (χ2n) is 3.74. The van der Waals surface area contributed by atoms with Gasteiger partial charge < -0.3 is 15.7 Å². The normalized spacial score (nSPS) is 9.85. The van der Waals surface area contributed by atoms with Crippen LogP contribution in [0.3, 0.4) is 0 Å². The number of carbonyl (C=O) groups excluding carboxylic acids is 1. The van der Waals surface area contributed by atoms with Crippen molar-refractivity contribution in [2.24, 2.45) is 0 Å². The molecule has 0 heterocycles. The van der Waals surface area contributed by atoms with Crippen molar-refractivity contribution in [1.29, 1.82) is 0 Å². The summed E-state index contributed by atoms with van der Waals surface area (Å²) in [5.41, 5.74) is 0.440. The molecule has 0 fully saturated rings. The summed E-state index contributed by atoms with van der Waals surface area (Å²) in [7, 11) is 0. The van der Waals surface area contributed by atoms with Crippen LogP contribution in [0.4, 0.5) is 10.5 Å². The lowest BCUT2D eigenvalue weighted by molar-refractivity contribution is 0.0697. The van der Waals surface area contributed by atoms with E-state index in [9.17, 15) is 9.59 Å². The second kappa shape index (κ2) is 8.50. The Bertz CT molecular complexity index is 508. The fourth-order valence-corrected chi connectivity index (χ4v) is 2.19. The second-order valence-corrected chi connectivity index (χ2v) is 5.30. The number of carboxylic acids is 1. The molecule has 1 rings (SSSR count). The summed E-state index contributed by atoms with van der Waals surface area (Å²) in [5.74, 6) is 0.526. The van der Waals surface area contributed by atoms with Crippen LogP contribution in [0.2, 0.25) is 5.02 Å². The van der Waals surface area contributed by atoms with Crippen molar-refractivity contribution in [2.75, 3.05) is 23.4 Å². The Morgan fingerprint density at radius 2 is 2.20 bits per heavy atom. The molecule has 1 aromatic carbocycles. The molecule has 0 aromatic heterocycles. The largest absolute Gasteiger partial charge is 0.478 e. The highest BCUT2D eigenvalue weighted by molar-refractivity contribution is 7.99. The third kappa shape index (κ3) is 5.54. The first-order valence-electron chi connectivity index (χ1n) is 5.81. The third-order valence-electron chi connectivity index (χ3n) is 2.23. The van der Waals surface area contributed by atoms with Crippen molar-refractivity contribution >= 4 is 41.1 Å². The Kier molecular flexibility index (Phi) is 6.97. The Balaban J connectivity index is 2.44. The molecule has 0 radical (unpaired) electrons. The zero-order valence-corrected chi connectivity index (χ0v) is 12.3. The van der Waals surface area contributed by atoms with Gasteiger partial charge in [-0.15, -0.1) is 6.58 Å². The highest BCUT2D eigenvalue weighted by Crippen LogP contribution is 2.20. The number of hydrogen-bond acceptors (Lipinski definition) is 3. The summed E-state index contributed by atoms with van der Waals surface area (Å²) in [6.07, 6.45) is 1.80. The van der Waals surface area contributed by atoms with Crippen LogP contribution < -0.4 is 10.6 Å². The summed E-state index contributed by atoms with van der Waals surface area (Å²) < 4.78 is 0. The number of benzene rings is 1. The fourth-order valence-electron chi connectivity index (χ4n) is 1.34. The molecule has 2 amide bonds. The molecule has 0 atom stereocenters. The van der Waals surface area contributed by atoms with Gasteiger partial charge in [0.25, 0.3) is 0 Å². The van der Waals surface area contributed by atoms with Gasteiger partial charge in [-0.2, -0.15) is 11.8 Å². The van der Waals surface area contributed by atoms with E-state index >= 15 is 0 Å². The number of amides is 2. The minimum absolute atomic E-state index is 0.00144. The van der Waals surface area contributed by atoms with Gasteiger partial charge in [-0.25, -0.2) is 9.59 Å². The average Bonchev–Trinajstić information content (AvgIpc) is 2.38. The maximum absolute atomic E-state index is 11.6. The van der Waals surface area contributed by atoms with Gasteiger partial charge in [-0.3, -0.25) is 0 Å². The lowest BCUT2D eigenvalue weighted by Crippen LogP contribution is -2.30. The number of anilines is 1. The van der Waals surface area contributed by atoms with E-state index < -0.39 is 5.97 Å². The standard InChI is InChI=1S/C13H15ClN2O3S/c1-2-6-20-7-5-15-13(19)16-9-3-4-10(12(17)18)11(14)8-9/h2-4,8H,1,5-7H2,(H,17,18)(H2,15,16,19). The summed E-state index contributed by atoms with van der Waals surface area (Å²) in [4.78, 5) is 22.4. The monoisotopic (exact) mass is 314 g/mol. The number of urea groups is 1. The Morgan fingerprint density at radius 3 is 2.80 bits per heavy atom. The van der Waals surface area contributed by atoms with Crippen LogP contribution in [-0.4, -0.2) is 35.2 Å². The zero-order valence-electron chi connectivity index (χ0n) is 10.7. The number of aromatic carboxylic acids is 1. The Morgan fingerprint density at radius 1 is 1.45 bits per heavy atom. The SMILES string of the molecule is C=CCSCCNC(=O)Nc1ccc(C(=O)O)c(Cl)c1. The van der Waals surface area contributed by atoms with E-state index in [0.717, 1.165) is 11.5 Å². The predicted octanol–water partition coefficient (Wildman–Crippen LogP) is 3.08. The smallest absolute Gasteiger partial charge is 0.337 e. The number of carbonyl (C=O) groups is 2. The maximum atomic E-state index is 11.6. The van der Waals surface area contributed by atoms with Crippen LogP contribution >= 0.6 is 23.4 Å². The number of hydrogen-bond donors (Lipinski definition) is 3. The molecule has 0 aliphatic carbocycles. The summed E-state index contributed by atoms with van der Waals surface area (Å²) in [5, 5.41) is 14.2. The van der Waals surface area contributed by atoms with Crippen molar-refractivity contribution in [3.8, 4) is 0 Å². The van der Waals surface area contributed by atoms with Gasteiger partial charge in [0.15, 0.2) is 0 Å². The number of carboxylic acid groups (broad SMARTS) is 1. The number of thioether (sulfide) groups is 1. The van der Waals surface area contributed by atoms with Crippen LogP contribution in [0.5, 0.6) is 0 Å². The van der Waals surface area contributed by atoms with Gasteiger partial charge in [-0.1, -0.05) is 17.7 Å². The fraction of sp³-hybridized carbons (Fsp3) is 0.231. The quantitative estimate of drug-likeness (QED) is 0.534. The van der Waals surface area contributed by atoms with Gasteiger partial charge in [0.1, 0.15) is 0 Å². The van der Waals surface area contributed by atoms with Crippen molar-refractivity contribution < 1.29 is 14.7 Å². The van der Waals surface area contributed by atoms with Crippen LogP contribution in [0.1, 0.15) is 10.4 Å². The van der Waals surface area contributed by atoms with Crippen LogP contribution in [-0.2, 0) is 0 Å². The minimum Gasteiger partial charge on any atom is -0.478 e. The number of halogens is 1. The molecule has 0 saturated heterocycles. The first-order chi connectivity index (χ1) is 9.54. The Hall–Kier alpha value is -1.66. The molecule has 0 bridgehead atoms. The molecule has 3 N–H and O–H groups in total. The Labute approximate surface area is 126 Å². The summed E-state index contributed by atoms with van der Waals surface area (Å²) >= 11 is 7.47. The minimum atomic E-state index is -1.11. The van der Waals surface area contributed by atoms with Gasteiger partial charge in [-0.05, 0) is 18.2 Å². The molecule has 5 nitrogen and oxygen atoms in total. The molecule has 108 valence electrons. The van der Waals surface area contributed by atoms with Crippen molar-refractivity contribution in [2.45, 2.75) is 0 Å². The maximum Gasteiger partial charge on any atom is 0.337 e. The van der Waals surface area contributed by atoms with Crippen molar-refractivity contribution in [3.05, 3.63) is 41.4 Å². The van der Waals surface area contributed by atoms with Crippen LogP contribution in [0.25, 0.3) is 0 Å². The summed E-state index contributed by atoms with van der Waals surface area (Å²) in [6, 6.07) is 3.88. The third-order valence-corrected chi connectivity index (χ3v) is 3.50. The van der Waals surface area contributed by atoms with Gasteiger partial charge in [0.05, 0.1) is 10.6 Å². The van der Waals surface area contributed by atoms with E-state index in [-0.39, 0.29) is 16.6 Å². The highest BCUT2D eigenvalue weighted by Gasteiger charge is 2.09. The highest BCUT2D eigenvalue weighted by atomic mass is 35.5. The molecule has 0 unspecified atom stereocenters. The number of nitrogens with one attached hydrogen (secondary N) is 2. The van der Waals surface area contributed by atoms with Crippen LogP contribution in [0.15, 0.2) is 30.9 Å². The van der Waals surface area contributed by atoms with E-state index in [0.29, 0.717) is 12.2 Å². The average molecular weight is 315 g/mol. The molecule has 0 aliphatic heterocycles. The van der Waals surface area contributed by atoms with E-state index in [1.807, 2.05) is 0 Å². The van der Waals surface area contributed by atoms with E-state index in [2.05, 4.69) is 17.2 Å². The summed E-state index contributed by atoms with van der Waals surface area (Å²) in [6.45, 7) is 4.14. The van der Waals surface area contributed by atoms with Crippen molar-refractivity contribution in [3.63, 3.8) is 0 Å². The van der Waals surface area contributed by atoms with E-state index in [1.165, 1.54) is 18.2 Å². The molecule has 20 heavy (non-hydrogen) atoms. The van der Waals surface area contributed by atoms with Crippen LogP contribution in [0, 0.1) is 0 Å². The molecule has 7 heteroatoms. The van der Waals surface area contributed by atoms with Gasteiger partial charge in [0, 0.05) is 23.7 Å². The first kappa shape index (κ1) is 16.4. The molecule has 0 aliphatic rings. The molecule has 1 aromatic rings. The van der Waals surface area contributed by atoms with E-state index in [4.69, 9.17) is 16.7 Å². The first-order valence-corrected chi connectivity index (χ1v) is 7.34. The number of rotatable bonds is 7. The predicted molar refractivity (Wildman–Crippen MR) is 83.0 cm³/mol. The molecule has 0 saturated carbocycles. The molecular formula is C13H15ClN2O3S. The van der Waals surface area contributed by atoms with Crippen molar-refractivity contribution in [1.82, 2.24) is 5.32 Å². The van der Waals surface area contributed by atoms with Gasteiger partial charge in [0.2, 0.25) is 0 Å². The molecule has 0 spiro atoms. The molecular weight excluding hydrogens is 300 g/mol. The van der Waals surface area contributed by atoms with Gasteiger partial charge >= 0.3 is 12.0 Å². The topological polar surface area (TPSA) is 78.4 Å². The van der Waals surface area contributed by atoms with E-state index in [1.54, 1.807) is 17.8 Å².